The molecule has 36 heavy (non-hydrogen) atoms. The summed E-state index contributed by atoms with van der Waals surface area (Å²) in [5.41, 5.74) is -1.39. The predicted molar refractivity (Wildman–Crippen MR) is 128 cm³/mol. The molecule has 0 bridgehead atoms. The molecule has 0 aromatic heterocycles. The molecule has 0 spiro atoms. The Morgan fingerprint density at radius 1 is 1.03 bits per heavy atom. The first-order chi connectivity index (χ1) is 17.2. The highest BCUT2D eigenvalue weighted by Gasteiger charge is 2.43. The van der Waals surface area contributed by atoms with Gasteiger partial charge in [0.1, 0.15) is 17.2 Å². The second-order valence-electron chi connectivity index (χ2n) is 9.32. The fourth-order valence-corrected chi connectivity index (χ4v) is 4.56. The van der Waals surface area contributed by atoms with Gasteiger partial charge in [-0.3, -0.25) is 14.4 Å². The van der Waals surface area contributed by atoms with Gasteiger partial charge >= 0.3 is 6.03 Å². The lowest BCUT2D eigenvalue weighted by molar-refractivity contribution is -0.138. The van der Waals surface area contributed by atoms with Crippen molar-refractivity contribution in [3.63, 3.8) is 0 Å². The number of morpholine rings is 1. The average molecular weight is 509 g/mol. The van der Waals surface area contributed by atoms with E-state index in [4.69, 9.17) is 4.74 Å². The van der Waals surface area contributed by atoms with Gasteiger partial charge in [0.15, 0.2) is 0 Å². The smallest absolute Gasteiger partial charge is 0.318 e. The Hall–Kier alpha value is -3.08. The maximum Gasteiger partial charge on any atom is 0.318 e. The first-order valence-electron chi connectivity index (χ1n) is 12.5. The van der Waals surface area contributed by atoms with Crippen molar-refractivity contribution < 1.29 is 32.7 Å². The maximum atomic E-state index is 13.5. The normalized spacial score (nSPS) is 18.1. The van der Waals surface area contributed by atoms with Crippen LogP contribution in [0.3, 0.4) is 0 Å². The maximum absolute atomic E-state index is 13.5. The number of nitrogens with one attached hydrogen (secondary N) is 3. The molecule has 1 heterocycles. The van der Waals surface area contributed by atoms with E-state index in [-0.39, 0.29) is 18.1 Å². The van der Waals surface area contributed by atoms with E-state index in [0.717, 1.165) is 37.8 Å². The highest BCUT2D eigenvalue weighted by molar-refractivity contribution is 6.42. The summed E-state index contributed by atoms with van der Waals surface area (Å²) in [6.45, 7) is 3.59. The number of carbonyl (C=O) groups is 4. The van der Waals surface area contributed by atoms with Crippen LogP contribution in [-0.2, 0) is 19.1 Å². The fraction of sp³-hybridized carbons (Fsp3) is 0.600. The minimum Gasteiger partial charge on any atom is -0.378 e. The largest absolute Gasteiger partial charge is 0.378 e. The van der Waals surface area contributed by atoms with Gasteiger partial charge in [0.05, 0.1) is 19.3 Å². The summed E-state index contributed by atoms with van der Waals surface area (Å²) in [4.78, 5) is 53.7. The van der Waals surface area contributed by atoms with Crippen LogP contribution in [0.1, 0.15) is 58.3 Å². The molecule has 2 fully saturated rings. The molecule has 1 aliphatic heterocycles. The Balaban J connectivity index is 1.73. The van der Waals surface area contributed by atoms with Crippen LogP contribution in [0.15, 0.2) is 18.2 Å². The standard InChI is InChI=1S/C25H34F2N4O5/c1-2-3-7-20(21(32)22(33)28-19-15-17(26)14-18(27)16-19)29-23(34)25(8-5-4-6-9-25)30-24(35)31-10-12-36-13-11-31/h14-16,20H,2-13H2,1H3,(H,28,33)(H,29,34)(H,30,35). The molecule has 3 N–H and O–H groups in total. The Morgan fingerprint density at radius 3 is 2.28 bits per heavy atom. The first-order valence-corrected chi connectivity index (χ1v) is 12.5. The van der Waals surface area contributed by atoms with Gasteiger partial charge in [-0.05, 0) is 31.4 Å². The van der Waals surface area contributed by atoms with Gasteiger partial charge < -0.3 is 25.6 Å². The van der Waals surface area contributed by atoms with E-state index in [9.17, 15) is 28.0 Å². The number of halogens is 2. The molecule has 198 valence electrons. The third-order valence-electron chi connectivity index (χ3n) is 6.60. The average Bonchev–Trinajstić information content (AvgIpc) is 2.86. The van der Waals surface area contributed by atoms with Crippen molar-refractivity contribution in [2.45, 2.75) is 69.9 Å². The Labute approximate surface area is 209 Å². The van der Waals surface area contributed by atoms with Gasteiger partial charge in [-0.25, -0.2) is 13.6 Å². The van der Waals surface area contributed by atoms with Gasteiger partial charge in [0.2, 0.25) is 11.7 Å². The van der Waals surface area contributed by atoms with Crippen molar-refractivity contribution in [2.75, 3.05) is 31.6 Å². The molecule has 9 nitrogen and oxygen atoms in total. The van der Waals surface area contributed by atoms with E-state index in [1.807, 2.05) is 6.92 Å². The molecule has 1 aromatic carbocycles. The molecule has 4 amide bonds. The first kappa shape index (κ1) is 27.5. The molecule has 1 aliphatic carbocycles. The topological polar surface area (TPSA) is 117 Å². The quantitative estimate of drug-likeness (QED) is 0.444. The Kier molecular flexibility index (Phi) is 9.74. The second-order valence-corrected chi connectivity index (χ2v) is 9.32. The molecule has 1 unspecified atom stereocenters. The minimum atomic E-state index is -1.19. The number of ether oxygens (including phenoxy) is 1. The monoisotopic (exact) mass is 508 g/mol. The number of carbonyl (C=O) groups excluding carboxylic acids is 4. The number of Topliss-reactive ketones (excluding diaryl/α,β-unsaturated/α-hetero) is 1. The molecule has 1 atom stereocenters. The van der Waals surface area contributed by atoms with Crippen LogP contribution in [0.2, 0.25) is 0 Å². The summed E-state index contributed by atoms with van der Waals surface area (Å²) in [5.74, 6) is -4.32. The number of amides is 4. The van der Waals surface area contributed by atoms with Crippen LogP contribution < -0.4 is 16.0 Å². The molecular formula is C25H34F2N4O5. The Morgan fingerprint density at radius 2 is 1.67 bits per heavy atom. The summed E-state index contributed by atoms with van der Waals surface area (Å²) in [6, 6.07) is 0.932. The van der Waals surface area contributed by atoms with Crippen LogP contribution in [0, 0.1) is 11.6 Å². The van der Waals surface area contributed by atoms with Crippen molar-refractivity contribution in [1.29, 1.82) is 0 Å². The van der Waals surface area contributed by atoms with E-state index >= 15 is 0 Å². The number of benzene rings is 1. The minimum absolute atomic E-state index is 0.201. The number of nitrogens with zero attached hydrogens (tertiary/aromatic N) is 1. The lowest BCUT2D eigenvalue weighted by Gasteiger charge is -2.39. The highest BCUT2D eigenvalue weighted by Crippen LogP contribution is 2.29. The number of anilines is 1. The number of hydrogen-bond donors (Lipinski definition) is 3. The van der Waals surface area contributed by atoms with Crippen LogP contribution in [0.5, 0.6) is 0 Å². The van der Waals surface area contributed by atoms with Crippen LogP contribution in [0.4, 0.5) is 19.3 Å². The lowest BCUT2D eigenvalue weighted by Crippen LogP contribution is -2.64. The van der Waals surface area contributed by atoms with Gasteiger partial charge in [-0.1, -0.05) is 39.0 Å². The van der Waals surface area contributed by atoms with Crippen molar-refractivity contribution in [2.24, 2.45) is 0 Å². The molecule has 2 aliphatic rings. The van der Waals surface area contributed by atoms with Gasteiger partial charge in [-0.2, -0.15) is 0 Å². The molecule has 0 radical (unpaired) electrons. The van der Waals surface area contributed by atoms with Crippen LogP contribution >= 0.6 is 0 Å². The molecular weight excluding hydrogens is 474 g/mol. The highest BCUT2D eigenvalue weighted by atomic mass is 19.1. The third-order valence-corrected chi connectivity index (χ3v) is 6.60. The molecule has 11 heteroatoms. The van der Waals surface area contributed by atoms with Crippen molar-refractivity contribution in [3.8, 4) is 0 Å². The third kappa shape index (κ3) is 7.22. The summed E-state index contributed by atoms with van der Waals surface area (Å²) >= 11 is 0. The zero-order chi connectivity index (χ0) is 26.1. The van der Waals surface area contributed by atoms with E-state index in [2.05, 4.69) is 16.0 Å². The lowest BCUT2D eigenvalue weighted by atomic mass is 9.80. The van der Waals surface area contributed by atoms with E-state index < -0.39 is 40.8 Å². The summed E-state index contributed by atoms with van der Waals surface area (Å²) < 4.78 is 32.3. The molecule has 1 aromatic rings. The second kappa shape index (κ2) is 12.8. The number of hydrogen-bond acceptors (Lipinski definition) is 5. The predicted octanol–water partition coefficient (Wildman–Crippen LogP) is 2.89. The zero-order valence-corrected chi connectivity index (χ0v) is 20.5. The summed E-state index contributed by atoms with van der Waals surface area (Å²) in [7, 11) is 0. The van der Waals surface area contributed by atoms with Gasteiger partial charge in [0, 0.05) is 24.8 Å². The van der Waals surface area contributed by atoms with Crippen molar-refractivity contribution >= 4 is 29.3 Å². The van der Waals surface area contributed by atoms with Crippen molar-refractivity contribution in [3.05, 3.63) is 29.8 Å². The van der Waals surface area contributed by atoms with Crippen molar-refractivity contribution in [1.82, 2.24) is 15.5 Å². The molecule has 1 saturated carbocycles. The SMILES string of the molecule is CCCCC(NC(=O)C1(NC(=O)N2CCOCC2)CCCCC1)C(=O)C(=O)Nc1cc(F)cc(F)c1. The summed E-state index contributed by atoms with van der Waals surface area (Å²) in [6.07, 6.45) is 4.70. The van der Waals surface area contributed by atoms with Gasteiger partial charge in [0.25, 0.3) is 5.91 Å². The van der Waals surface area contributed by atoms with Crippen LogP contribution in [0.25, 0.3) is 0 Å². The fourth-order valence-electron chi connectivity index (χ4n) is 4.56. The van der Waals surface area contributed by atoms with E-state index in [1.165, 1.54) is 0 Å². The van der Waals surface area contributed by atoms with E-state index in [1.54, 1.807) is 4.90 Å². The molecule has 1 saturated heterocycles. The van der Waals surface area contributed by atoms with Gasteiger partial charge in [-0.15, -0.1) is 0 Å². The van der Waals surface area contributed by atoms with Crippen LogP contribution in [-0.4, -0.2) is 66.4 Å². The summed E-state index contributed by atoms with van der Waals surface area (Å²) in [5, 5.41) is 7.82. The number of unbranched alkanes of at least 4 members (excludes halogenated alkanes) is 1. The number of ketones is 1. The number of urea groups is 1. The Bertz CT molecular complexity index is 942. The zero-order valence-electron chi connectivity index (χ0n) is 20.5. The van der Waals surface area contributed by atoms with E-state index in [0.29, 0.717) is 51.6 Å². The molecule has 3 rings (SSSR count). The number of rotatable bonds is 9.